The molecule has 0 radical (unpaired) electrons. The fourth-order valence-electron chi connectivity index (χ4n) is 7.78. The summed E-state index contributed by atoms with van der Waals surface area (Å²) in [5.74, 6) is 2.77. The number of carbonyl (C=O) groups excluding carboxylic acids is 2. The van der Waals surface area contributed by atoms with E-state index >= 15 is 0 Å². The summed E-state index contributed by atoms with van der Waals surface area (Å²) < 4.78 is 9.66. The topological polar surface area (TPSA) is 84.9 Å². The van der Waals surface area contributed by atoms with Gasteiger partial charge in [0.25, 0.3) is 0 Å². The second-order valence-electron chi connectivity index (χ2n) is 13.3. The van der Waals surface area contributed by atoms with Gasteiger partial charge in [-0.2, -0.15) is 0 Å². The van der Waals surface area contributed by atoms with Gasteiger partial charge in [-0.15, -0.1) is 0 Å². The Morgan fingerprint density at radius 3 is 1.59 bits per heavy atom. The van der Waals surface area contributed by atoms with E-state index in [9.17, 15) is 9.59 Å². The summed E-state index contributed by atoms with van der Waals surface area (Å²) in [5.41, 5.74) is 5.37. The Bertz CT molecular complexity index is 1590. The lowest BCUT2D eigenvalue weighted by Gasteiger charge is -2.47. The predicted molar refractivity (Wildman–Crippen MR) is 180 cm³/mol. The van der Waals surface area contributed by atoms with Gasteiger partial charge in [0.05, 0.1) is 25.3 Å². The van der Waals surface area contributed by atoms with Gasteiger partial charge in [-0.3, -0.25) is 4.90 Å². The summed E-state index contributed by atoms with van der Waals surface area (Å²) in [5, 5.41) is 0. The summed E-state index contributed by atoms with van der Waals surface area (Å²) in [6.07, 6.45) is 9.71. The molecular formula is C38H42N4O4. The molecule has 2 aliphatic carbocycles. The van der Waals surface area contributed by atoms with Crippen molar-refractivity contribution in [1.82, 2.24) is 9.97 Å². The molecule has 2 bridgehead atoms. The van der Waals surface area contributed by atoms with Crippen LogP contribution in [0.15, 0.2) is 85.2 Å². The third-order valence-electron chi connectivity index (χ3n) is 9.86. The number of fused-ring (bicyclic) bond motifs is 2. The fraction of sp³-hybridized carbons (Fsp3) is 0.368. The maximum Gasteiger partial charge on any atom is 0.339 e. The molecule has 2 heterocycles. The molecule has 0 spiro atoms. The summed E-state index contributed by atoms with van der Waals surface area (Å²) in [4.78, 5) is 37.1. The third-order valence-corrected chi connectivity index (χ3v) is 9.86. The molecule has 238 valence electrons. The summed E-state index contributed by atoms with van der Waals surface area (Å²) >= 11 is 0. The zero-order valence-corrected chi connectivity index (χ0v) is 27.3. The fourth-order valence-corrected chi connectivity index (χ4v) is 7.78. The van der Waals surface area contributed by atoms with Crippen LogP contribution in [0.2, 0.25) is 0 Å². The molecule has 2 saturated carbocycles. The maximum absolute atomic E-state index is 12.0. The first-order valence-electron chi connectivity index (χ1n) is 16.0. The van der Waals surface area contributed by atoms with Gasteiger partial charge in [-0.05, 0) is 121 Å². The van der Waals surface area contributed by atoms with Gasteiger partial charge in [0.1, 0.15) is 11.6 Å². The van der Waals surface area contributed by atoms with E-state index in [2.05, 4.69) is 72.2 Å². The van der Waals surface area contributed by atoms with Gasteiger partial charge in [-0.1, -0.05) is 26.0 Å². The highest BCUT2D eigenvalue weighted by Gasteiger charge is 2.41. The number of aromatic nitrogens is 2. The summed E-state index contributed by atoms with van der Waals surface area (Å²) in [6, 6.07) is 24.1. The van der Waals surface area contributed by atoms with Crippen molar-refractivity contribution in [3.8, 4) is 0 Å². The van der Waals surface area contributed by atoms with Crippen LogP contribution in [0.5, 0.6) is 0 Å². The number of ether oxygens (including phenoxy) is 2. The van der Waals surface area contributed by atoms with Crippen LogP contribution in [-0.4, -0.2) is 43.2 Å². The smallest absolute Gasteiger partial charge is 0.339 e. The molecule has 2 atom stereocenters. The summed E-state index contributed by atoms with van der Waals surface area (Å²) in [6.45, 7) is 4.90. The standard InChI is InChI=1S/C38H42N4O4/c1-25-18-26-20-27(19-25)22-38(2,21-26)30-8-10-31(11-9-30)41(3)32-12-14-33(15-13-32)42(34-16-6-28(23-39-34)36(43)45-4)35-17-7-29(24-40-35)37(44)46-5/h6-17,23-27H,18-22H2,1-5H3. The van der Waals surface area contributed by atoms with E-state index in [4.69, 9.17) is 9.47 Å². The van der Waals surface area contributed by atoms with Gasteiger partial charge >= 0.3 is 11.9 Å². The highest BCUT2D eigenvalue weighted by Crippen LogP contribution is 2.51. The minimum absolute atomic E-state index is 0.252. The molecule has 2 unspecified atom stereocenters. The van der Waals surface area contributed by atoms with E-state index < -0.39 is 11.9 Å². The lowest BCUT2D eigenvalue weighted by molar-refractivity contribution is 0.0591. The quantitative estimate of drug-likeness (QED) is 0.182. The largest absolute Gasteiger partial charge is 0.465 e. The number of hydrogen-bond acceptors (Lipinski definition) is 8. The van der Waals surface area contributed by atoms with Crippen LogP contribution in [0.25, 0.3) is 0 Å². The van der Waals surface area contributed by atoms with Gasteiger partial charge in [0.15, 0.2) is 0 Å². The van der Waals surface area contributed by atoms with E-state index in [1.165, 1.54) is 64.3 Å². The van der Waals surface area contributed by atoms with E-state index in [0.717, 1.165) is 34.8 Å². The number of methoxy groups -OCH3 is 2. The molecule has 0 N–H and O–H groups in total. The van der Waals surface area contributed by atoms with Gasteiger partial charge in [0.2, 0.25) is 0 Å². The zero-order valence-electron chi connectivity index (χ0n) is 27.3. The van der Waals surface area contributed by atoms with Crippen molar-refractivity contribution in [2.24, 2.45) is 17.8 Å². The maximum atomic E-state index is 12.0. The van der Waals surface area contributed by atoms with Crippen molar-refractivity contribution in [2.75, 3.05) is 31.1 Å². The van der Waals surface area contributed by atoms with Gasteiger partial charge < -0.3 is 14.4 Å². The molecule has 6 rings (SSSR count). The molecule has 8 nitrogen and oxygen atoms in total. The van der Waals surface area contributed by atoms with Crippen molar-refractivity contribution < 1.29 is 19.1 Å². The van der Waals surface area contributed by atoms with Crippen LogP contribution < -0.4 is 9.80 Å². The van der Waals surface area contributed by atoms with E-state index in [-0.39, 0.29) is 5.41 Å². The molecule has 0 saturated heterocycles. The Balaban J connectivity index is 1.24. The van der Waals surface area contributed by atoms with Crippen molar-refractivity contribution in [1.29, 1.82) is 0 Å². The lowest BCUT2D eigenvalue weighted by Crippen LogP contribution is -2.38. The Hall–Kier alpha value is -4.72. The van der Waals surface area contributed by atoms with Crippen molar-refractivity contribution in [2.45, 2.75) is 51.4 Å². The number of anilines is 5. The second-order valence-corrected chi connectivity index (χ2v) is 13.3. The molecule has 8 heteroatoms. The minimum Gasteiger partial charge on any atom is -0.465 e. The average molecular weight is 619 g/mol. The Kier molecular flexibility index (Phi) is 8.80. The molecule has 2 aromatic carbocycles. The zero-order chi connectivity index (χ0) is 32.4. The van der Waals surface area contributed by atoms with Gasteiger partial charge in [-0.25, -0.2) is 19.6 Å². The minimum atomic E-state index is -0.461. The molecule has 4 aromatic rings. The second kappa shape index (κ2) is 12.9. The number of nitrogens with zero attached hydrogens (tertiary/aromatic N) is 4. The molecule has 0 amide bonds. The number of benzene rings is 2. The molecule has 2 aliphatic rings. The summed E-state index contributed by atoms with van der Waals surface area (Å²) in [7, 11) is 4.75. The van der Waals surface area contributed by atoms with Crippen molar-refractivity contribution >= 4 is 40.6 Å². The van der Waals surface area contributed by atoms with Crippen LogP contribution in [0, 0.1) is 17.8 Å². The Morgan fingerprint density at radius 2 is 1.15 bits per heavy atom. The number of hydrogen-bond donors (Lipinski definition) is 0. The van der Waals surface area contributed by atoms with E-state index in [0.29, 0.717) is 22.8 Å². The first-order chi connectivity index (χ1) is 22.2. The normalized spacial score (nSPS) is 22.1. The first-order valence-corrected chi connectivity index (χ1v) is 16.0. The Labute approximate surface area is 271 Å². The first kappa shape index (κ1) is 31.3. The van der Waals surface area contributed by atoms with Crippen LogP contribution in [0.4, 0.5) is 28.7 Å². The van der Waals surface area contributed by atoms with Gasteiger partial charge in [0, 0.05) is 36.5 Å². The van der Waals surface area contributed by atoms with Crippen molar-refractivity contribution in [3.05, 3.63) is 102 Å². The monoisotopic (exact) mass is 618 g/mol. The SMILES string of the molecule is COC(=O)c1ccc(N(c2ccc(N(C)c3ccc(C4(C)CC5CC(C)CC(C5)C4)cc3)cc2)c2ccc(C(=O)OC)cn2)nc1. The molecule has 0 aliphatic heterocycles. The van der Waals surface area contributed by atoms with Crippen LogP contribution in [0.3, 0.4) is 0 Å². The highest BCUT2D eigenvalue weighted by molar-refractivity contribution is 5.90. The van der Waals surface area contributed by atoms with Crippen LogP contribution >= 0.6 is 0 Å². The molecule has 46 heavy (non-hydrogen) atoms. The average Bonchev–Trinajstić information content (AvgIpc) is 3.07. The number of carbonyl (C=O) groups is 2. The van der Waals surface area contributed by atoms with E-state index in [1.807, 2.05) is 17.0 Å². The number of pyridine rings is 2. The van der Waals surface area contributed by atoms with E-state index in [1.54, 1.807) is 24.3 Å². The lowest BCUT2D eigenvalue weighted by atomic mass is 9.57. The number of esters is 2. The Morgan fingerprint density at radius 1 is 0.696 bits per heavy atom. The highest BCUT2D eigenvalue weighted by atomic mass is 16.5. The molecular weight excluding hydrogens is 576 g/mol. The van der Waals surface area contributed by atoms with Crippen LogP contribution in [-0.2, 0) is 14.9 Å². The van der Waals surface area contributed by atoms with Crippen molar-refractivity contribution in [3.63, 3.8) is 0 Å². The molecule has 2 aromatic heterocycles. The third kappa shape index (κ3) is 6.34. The molecule has 2 fully saturated rings. The number of rotatable bonds is 8. The predicted octanol–water partition coefficient (Wildman–Crippen LogP) is 8.39. The van der Waals surface area contributed by atoms with Crippen LogP contribution in [0.1, 0.15) is 72.2 Å².